The van der Waals surface area contributed by atoms with E-state index in [0.717, 1.165) is 19.3 Å². The van der Waals surface area contributed by atoms with Gasteiger partial charge in [-0.2, -0.15) is 0 Å². The smallest absolute Gasteiger partial charge is 0.245 e. The minimum Gasteiger partial charge on any atom is -0.332 e. The summed E-state index contributed by atoms with van der Waals surface area (Å²) in [5.74, 6) is 4.90. The van der Waals surface area contributed by atoms with Gasteiger partial charge < -0.3 is 9.80 Å². The number of rotatable bonds is 5. The van der Waals surface area contributed by atoms with E-state index >= 15 is 0 Å². The van der Waals surface area contributed by atoms with Gasteiger partial charge in [-0.15, -0.1) is 0 Å². The molecule has 3 amide bonds. The number of nitrogens with zero attached hydrogens (tertiary/aromatic N) is 2. The molecule has 112 valence electrons. The number of unbranched alkanes of at least 4 members (excludes halogenated alkanes) is 1. The molecule has 20 heavy (non-hydrogen) atoms. The largest absolute Gasteiger partial charge is 0.332 e. The standard InChI is InChI=1S/C13H22N4O3/c14-15-11(18)6-2-3-7-16-9-12(19)17-8-4-1-5-10(17)13(16)20/h10H,1-9,14H2,(H,15,18). The first-order chi connectivity index (χ1) is 9.63. The fourth-order valence-electron chi connectivity index (χ4n) is 2.88. The minimum atomic E-state index is -0.252. The number of carbonyl (C=O) groups is 3. The van der Waals surface area contributed by atoms with E-state index in [4.69, 9.17) is 5.84 Å². The van der Waals surface area contributed by atoms with Crippen LogP contribution in [-0.2, 0) is 14.4 Å². The Balaban J connectivity index is 1.81. The molecule has 2 aliphatic heterocycles. The van der Waals surface area contributed by atoms with Crippen LogP contribution in [0.1, 0.15) is 38.5 Å². The van der Waals surface area contributed by atoms with Crippen LogP contribution >= 0.6 is 0 Å². The van der Waals surface area contributed by atoms with Crippen molar-refractivity contribution >= 4 is 17.7 Å². The lowest BCUT2D eigenvalue weighted by Gasteiger charge is -2.42. The van der Waals surface area contributed by atoms with Crippen molar-refractivity contribution < 1.29 is 14.4 Å². The van der Waals surface area contributed by atoms with Gasteiger partial charge in [0.15, 0.2) is 0 Å². The molecular formula is C13H22N4O3. The van der Waals surface area contributed by atoms with Crippen LogP contribution in [0.15, 0.2) is 0 Å². The molecule has 7 nitrogen and oxygen atoms in total. The van der Waals surface area contributed by atoms with Crippen molar-refractivity contribution in [3.05, 3.63) is 0 Å². The van der Waals surface area contributed by atoms with E-state index in [1.54, 1.807) is 9.80 Å². The summed E-state index contributed by atoms with van der Waals surface area (Å²) >= 11 is 0. The summed E-state index contributed by atoms with van der Waals surface area (Å²) in [5.41, 5.74) is 2.08. The average Bonchev–Trinajstić information content (AvgIpc) is 2.48. The first kappa shape index (κ1) is 14.8. The Labute approximate surface area is 118 Å². The van der Waals surface area contributed by atoms with Crippen LogP contribution in [0.4, 0.5) is 0 Å². The molecule has 3 N–H and O–H groups in total. The van der Waals surface area contributed by atoms with Crippen molar-refractivity contribution in [1.82, 2.24) is 15.2 Å². The van der Waals surface area contributed by atoms with Gasteiger partial charge in [-0.1, -0.05) is 0 Å². The third-order valence-corrected chi connectivity index (χ3v) is 3.99. The van der Waals surface area contributed by atoms with Gasteiger partial charge in [-0.3, -0.25) is 19.8 Å². The Morgan fingerprint density at radius 3 is 2.85 bits per heavy atom. The molecule has 0 aliphatic carbocycles. The maximum atomic E-state index is 12.3. The Morgan fingerprint density at radius 2 is 2.10 bits per heavy atom. The number of piperazine rings is 1. The van der Waals surface area contributed by atoms with Crippen LogP contribution in [-0.4, -0.2) is 53.2 Å². The summed E-state index contributed by atoms with van der Waals surface area (Å²) in [6.07, 6.45) is 4.49. The fourth-order valence-corrected chi connectivity index (χ4v) is 2.88. The second-order valence-electron chi connectivity index (χ2n) is 5.38. The normalized spacial score (nSPS) is 22.8. The molecule has 2 saturated heterocycles. The molecule has 2 rings (SSSR count). The SMILES string of the molecule is NNC(=O)CCCCN1CC(=O)N2CCCCC2C1=O. The lowest BCUT2D eigenvalue weighted by molar-refractivity contribution is -0.157. The zero-order chi connectivity index (χ0) is 14.5. The van der Waals surface area contributed by atoms with Gasteiger partial charge in [0, 0.05) is 19.5 Å². The monoisotopic (exact) mass is 282 g/mol. The fraction of sp³-hybridized carbons (Fsp3) is 0.769. The second-order valence-corrected chi connectivity index (χ2v) is 5.38. The molecule has 2 fully saturated rings. The highest BCUT2D eigenvalue weighted by atomic mass is 16.2. The molecule has 0 aromatic rings. The van der Waals surface area contributed by atoms with Crippen molar-refractivity contribution in [1.29, 1.82) is 0 Å². The van der Waals surface area contributed by atoms with Gasteiger partial charge in [-0.25, -0.2) is 5.84 Å². The van der Waals surface area contributed by atoms with Gasteiger partial charge >= 0.3 is 0 Å². The number of hydrogen-bond donors (Lipinski definition) is 2. The number of piperidine rings is 1. The predicted molar refractivity (Wildman–Crippen MR) is 72.1 cm³/mol. The minimum absolute atomic E-state index is 0.0500. The van der Waals surface area contributed by atoms with Crippen LogP contribution in [0.5, 0.6) is 0 Å². The molecule has 7 heteroatoms. The Hall–Kier alpha value is -1.63. The molecule has 0 aromatic heterocycles. The molecular weight excluding hydrogens is 260 g/mol. The molecule has 1 atom stereocenters. The highest BCUT2D eigenvalue weighted by molar-refractivity contribution is 5.95. The molecule has 0 bridgehead atoms. The zero-order valence-corrected chi connectivity index (χ0v) is 11.6. The quantitative estimate of drug-likeness (QED) is 0.304. The van der Waals surface area contributed by atoms with Crippen molar-refractivity contribution in [2.24, 2.45) is 5.84 Å². The lowest BCUT2D eigenvalue weighted by Crippen LogP contribution is -2.61. The zero-order valence-electron chi connectivity index (χ0n) is 11.6. The highest BCUT2D eigenvalue weighted by Gasteiger charge is 2.39. The number of carbonyl (C=O) groups excluding carboxylic acids is 3. The van der Waals surface area contributed by atoms with Crippen molar-refractivity contribution in [3.63, 3.8) is 0 Å². The van der Waals surface area contributed by atoms with Crippen LogP contribution in [0.25, 0.3) is 0 Å². The van der Waals surface area contributed by atoms with E-state index in [2.05, 4.69) is 5.43 Å². The molecule has 2 heterocycles. The summed E-state index contributed by atoms with van der Waals surface area (Å²) in [6.45, 7) is 1.42. The Kier molecular flexibility index (Phi) is 4.94. The molecule has 0 saturated carbocycles. The van der Waals surface area contributed by atoms with Gasteiger partial charge in [0.2, 0.25) is 17.7 Å². The number of hydrazine groups is 1. The number of fused-ring (bicyclic) bond motifs is 1. The Morgan fingerprint density at radius 1 is 1.30 bits per heavy atom. The maximum absolute atomic E-state index is 12.3. The van der Waals surface area contributed by atoms with E-state index in [1.807, 2.05) is 0 Å². The van der Waals surface area contributed by atoms with Crippen molar-refractivity contribution in [3.8, 4) is 0 Å². The Bertz CT molecular complexity index is 399. The van der Waals surface area contributed by atoms with Crippen LogP contribution in [0.3, 0.4) is 0 Å². The van der Waals surface area contributed by atoms with Crippen LogP contribution < -0.4 is 11.3 Å². The van der Waals surface area contributed by atoms with Crippen molar-refractivity contribution in [2.45, 2.75) is 44.6 Å². The van der Waals surface area contributed by atoms with Gasteiger partial charge in [-0.05, 0) is 32.1 Å². The summed E-state index contributed by atoms with van der Waals surface area (Å²) in [5, 5.41) is 0. The molecule has 0 aromatic carbocycles. The van der Waals surface area contributed by atoms with Crippen molar-refractivity contribution in [2.75, 3.05) is 19.6 Å². The molecule has 0 spiro atoms. The van der Waals surface area contributed by atoms with E-state index in [1.165, 1.54) is 0 Å². The first-order valence-corrected chi connectivity index (χ1v) is 7.21. The number of hydrogen-bond acceptors (Lipinski definition) is 4. The van der Waals surface area contributed by atoms with Gasteiger partial charge in [0.05, 0.1) is 6.54 Å². The van der Waals surface area contributed by atoms with E-state index in [9.17, 15) is 14.4 Å². The van der Waals surface area contributed by atoms with Crippen LogP contribution in [0.2, 0.25) is 0 Å². The molecule has 1 unspecified atom stereocenters. The summed E-state index contributed by atoms with van der Waals surface area (Å²) in [4.78, 5) is 38.7. The summed E-state index contributed by atoms with van der Waals surface area (Å²) in [7, 11) is 0. The lowest BCUT2D eigenvalue weighted by atomic mass is 9.98. The second kappa shape index (κ2) is 6.69. The third-order valence-electron chi connectivity index (χ3n) is 3.99. The number of nitrogens with two attached hydrogens (primary N) is 1. The summed E-state index contributed by atoms with van der Waals surface area (Å²) in [6, 6.07) is -0.252. The maximum Gasteiger partial charge on any atom is 0.245 e. The summed E-state index contributed by atoms with van der Waals surface area (Å²) < 4.78 is 0. The number of nitrogens with one attached hydrogen (secondary N) is 1. The van der Waals surface area contributed by atoms with Gasteiger partial charge in [0.25, 0.3) is 0 Å². The number of amides is 3. The van der Waals surface area contributed by atoms with E-state index in [-0.39, 0.29) is 30.3 Å². The van der Waals surface area contributed by atoms with Gasteiger partial charge in [0.1, 0.15) is 6.04 Å². The van der Waals surface area contributed by atoms with E-state index < -0.39 is 0 Å². The first-order valence-electron chi connectivity index (χ1n) is 7.21. The van der Waals surface area contributed by atoms with Crippen LogP contribution in [0, 0.1) is 0 Å². The predicted octanol–water partition coefficient (Wildman–Crippen LogP) is -0.630. The highest BCUT2D eigenvalue weighted by Crippen LogP contribution is 2.23. The topological polar surface area (TPSA) is 95.7 Å². The molecule has 2 aliphatic rings. The van der Waals surface area contributed by atoms with E-state index in [0.29, 0.717) is 32.4 Å². The molecule has 0 radical (unpaired) electrons. The average molecular weight is 282 g/mol. The third kappa shape index (κ3) is 3.27.